The number of hydrogen-bond acceptors (Lipinski definition) is 1. The topological polar surface area (TPSA) is 97.4 Å². The van der Waals surface area contributed by atoms with E-state index in [9.17, 15) is 0 Å². The first-order valence-corrected chi connectivity index (χ1v) is 8.14. The first kappa shape index (κ1) is 20.6. The number of rotatable bonds is 4. The van der Waals surface area contributed by atoms with Gasteiger partial charge < -0.3 is 22.9 Å². The van der Waals surface area contributed by atoms with Gasteiger partial charge in [-0.25, -0.2) is 0 Å². The van der Waals surface area contributed by atoms with E-state index in [4.69, 9.17) is 53.4 Å². The summed E-state index contributed by atoms with van der Waals surface area (Å²) in [5, 5.41) is 0. The molecule has 8 heteroatoms. The van der Waals surface area contributed by atoms with Gasteiger partial charge in [0.25, 0.3) is 0 Å². The van der Waals surface area contributed by atoms with E-state index in [0.29, 0.717) is 26.2 Å². The molecule has 0 saturated carbocycles. The van der Waals surface area contributed by atoms with Crippen molar-refractivity contribution in [2.75, 3.05) is 26.2 Å². The molecule has 14 heavy (non-hydrogen) atoms. The van der Waals surface area contributed by atoms with E-state index in [2.05, 4.69) is 0 Å². The van der Waals surface area contributed by atoms with Crippen LogP contribution in [0.15, 0.2) is 0 Å². The largest absolute Gasteiger partial charge is 0.677 e. The van der Waals surface area contributed by atoms with E-state index in [1.54, 1.807) is 0 Å². The average molecular weight is 311 g/mol. The smallest absolute Gasteiger partial charge is 0.00937 e. The molecule has 0 aromatic heterocycles. The molecular formula is C6H17Cl3CoN4-3. The number of hydrogen-bond donors (Lipinski definition) is 1. The summed E-state index contributed by atoms with van der Waals surface area (Å²) >= 11 is 0. The van der Waals surface area contributed by atoms with Crippen LogP contribution < -0.4 is 5.73 Å². The molecule has 0 radical (unpaired) electrons. The standard InChI is InChI=1S/C3H9N2.C3H8N2.3ClH.Co/c2*4-2-1-3-5;;;;/h4H,1-3,5H2;4-5H,1-3H2;3*1H;/q-1;-2;;;;+3/p-3. The normalized spacial score (nSPS) is 9.21. The van der Waals surface area contributed by atoms with Crippen molar-refractivity contribution in [3.8, 4) is 0 Å². The van der Waals surface area contributed by atoms with E-state index in [1.807, 2.05) is 0 Å². The molecule has 0 amide bonds. The van der Waals surface area contributed by atoms with Crippen molar-refractivity contribution in [3.05, 3.63) is 17.2 Å². The van der Waals surface area contributed by atoms with E-state index < -0.39 is 10.9 Å². The minimum Gasteiger partial charge on any atom is -0.677 e. The molecule has 0 bridgehead atoms. The molecule has 4 nitrogen and oxygen atoms in total. The summed E-state index contributed by atoms with van der Waals surface area (Å²) in [5.41, 5.74) is 24.5. The van der Waals surface area contributed by atoms with Gasteiger partial charge in [0, 0.05) is 0 Å². The van der Waals surface area contributed by atoms with Crippen LogP contribution in [0, 0.1) is 0 Å². The van der Waals surface area contributed by atoms with Crippen LogP contribution >= 0.6 is 30.4 Å². The molecule has 0 heterocycles. The Bertz CT molecular complexity index is 67.3. The fourth-order valence-electron chi connectivity index (χ4n) is 0.190. The molecule has 0 aliphatic heterocycles. The van der Waals surface area contributed by atoms with Crippen molar-refractivity contribution in [2.24, 2.45) is 5.73 Å². The first-order valence-electron chi connectivity index (χ1n) is 3.85. The summed E-state index contributed by atoms with van der Waals surface area (Å²) in [6.07, 6.45) is 1.56. The Hall–Kier alpha value is 1.22. The summed E-state index contributed by atoms with van der Waals surface area (Å²) in [6.45, 7) is 1.94. The summed E-state index contributed by atoms with van der Waals surface area (Å²) in [6, 6.07) is 0. The van der Waals surface area contributed by atoms with Crippen molar-refractivity contribution in [3.63, 3.8) is 0 Å². The second-order valence-electron chi connectivity index (χ2n) is 1.89. The van der Waals surface area contributed by atoms with Crippen LogP contribution in [0.2, 0.25) is 0 Å². The Morgan fingerprint density at radius 3 is 1.14 bits per heavy atom. The molecule has 94 valence electrons. The van der Waals surface area contributed by atoms with Crippen LogP contribution in [0.3, 0.4) is 0 Å². The Morgan fingerprint density at radius 2 is 1.14 bits per heavy atom. The summed E-state index contributed by atoms with van der Waals surface area (Å²) in [4.78, 5) is 0. The molecule has 0 spiro atoms. The minimum atomic E-state index is -1.19. The molecule has 0 atom stereocenters. The van der Waals surface area contributed by atoms with Crippen molar-refractivity contribution in [1.82, 2.24) is 0 Å². The van der Waals surface area contributed by atoms with Crippen LogP contribution in [-0.2, 0) is 10.9 Å². The maximum atomic E-state index is 6.52. The van der Waals surface area contributed by atoms with Crippen LogP contribution in [0.25, 0.3) is 17.2 Å². The Balaban J connectivity index is -0.000000131. The second kappa shape index (κ2) is 23.8. The third-order valence-corrected chi connectivity index (χ3v) is 0.734. The number of nitrogens with one attached hydrogen (secondary N) is 3. The molecule has 5 N–H and O–H groups in total. The second-order valence-corrected chi connectivity index (χ2v) is 7.05. The van der Waals surface area contributed by atoms with Crippen molar-refractivity contribution < 1.29 is 10.9 Å². The third kappa shape index (κ3) is 72.5. The summed E-state index contributed by atoms with van der Waals surface area (Å²) in [5.74, 6) is 0. The van der Waals surface area contributed by atoms with Gasteiger partial charge in [-0.05, 0) is 6.54 Å². The van der Waals surface area contributed by atoms with Gasteiger partial charge >= 0.3 is 41.4 Å². The number of nitrogens with two attached hydrogens (primary N) is 1. The maximum Gasteiger partial charge on any atom is -0.00937 e. The predicted molar refractivity (Wildman–Crippen MR) is 63.4 cm³/mol. The van der Waals surface area contributed by atoms with Crippen LogP contribution in [0.5, 0.6) is 0 Å². The molecule has 0 saturated heterocycles. The molecule has 0 aliphatic carbocycles. The van der Waals surface area contributed by atoms with Crippen LogP contribution in [0.1, 0.15) is 12.8 Å². The van der Waals surface area contributed by atoms with Crippen molar-refractivity contribution >= 4 is 30.4 Å². The van der Waals surface area contributed by atoms with Gasteiger partial charge in [-0.2, -0.15) is 13.1 Å². The average Bonchev–Trinajstić information content (AvgIpc) is 2.07. The SMILES string of the molecule is [Cl][Co]([Cl])[Cl].[NH-]CCCN.[NH-]CCC[NH-]. The Kier molecular flexibility index (Phi) is 35.0. The van der Waals surface area contributed by atoms with Crippen molar-refractivity contribution in [2.45, 2.75) is 12.8 Å². The van der Waals surface area contributed by atoms with Gasteiger partial charge in [0.15, 0.2) is 0 Å². The minimum absolute atomic E-state index is 0.406. The van der Waals surface area contributed by atoms with Gasteiger partial charge in [0.1, 0.15) is 0 Å². The molecule has 0 aromatic rings. The predicted octanol–water partition coefficient (Wildman–Crippen LogP) is 3.93. The van der Waals surface area contributed by atoms with E-state index in [1.165, 1.54) is 0 Å². The van der Waals surface area contributed by atoms with E-state index in [-0.39, 0.29) is 0 Å². The third-order valence-electron chi connectivity index (χ3n) is 0.734. The van der Waals surface area contributed by atoms with Gasteiger partial charge in [-0.1, -0.05) is 12.8 Å². The van der Waals surface area contributed by atoms with Gasteiger partial charge in [-0.3, -0.25) is 0 Å². The van der Waals surface area contributed by atoms with E-state index in [0.717, 1.165) is 12.8 Å². The molecule has 0 fully saturated rings. The summed E-state index contributed by atoms with van der Waals surface area (Å²) < 4.78 is 0. The quantitative estimate of drug-likeness (QED) is 0.836. The van der Waals surface area contributed by atoms with Crippen LogP contribution in [-0.4, -0.2) is 26.2 Å². The van der Waals surface area contributed by atoms with Gasteiger partial charge in [0.2, 0.25) is 0 Å². The molecule has 0 unspecified atom stereocenters. The maximum absolute atomic E-state index is 6.52. The zero-order valence-electron chi connectivity index (χ0n) is 7.79. The first-order chi connectivity index (χ1) is 6.56. The Labute approximate surface area is 103 Å². The van der Waals surface area contributed by atoms with Gasteiger partial charge in [0.05, 0.1) is 0 Å². The van der Waals surface area contributed by atoms with E-state index >= 15 is 0 Å². The van der Waals surface area contributed by atoms with Crippen molar-refractivity contribution in [1.29, 1.82) is 0 Å². The zero-order valence-corrected chi connectivity index (χ0v) is 11.1. The van der Waals surface area contributed by atoms with Gasteiger partial charge in [-0.15, -0.1) is 6.54 Å². The fraction of sp³-hybridized carbons (Fsp3) is 1.00. The monoisotopic (exact) mass is 309 g/mol. The Morgan fingerprint density at radius 1 is 0.857 bits per heavy atom. The number of halogens is 3. The zero-order chi connectivity index (χ0) is 11.8. The molecule has 0 aliphatic rings. The molecule has 0 rings (SSSR count). The summed E-state index contributed by atoms with van der Waals surface area (Å²) in [7, 11) is 13.4. The van der Waals surface area contributed by atoms with Crippen LogP contribution in [0.4, 0.5) is 0 Å². The molecule has 0 aromatic carbocycles. The fourth-order valence-corrected chi connectivity index (χ4v) is 0.190. The molecular weight excluding hydrogens is 293 g/mol.